The van der Waals surface area contributed by atoms with E-state index in [0.29, 0.717) is 17.6 Å². The summed E-state index contributed by atoms with van der Waals surface area (Å²) >= 11 is 1.74. The first kappa shape index (κ1) is 20.8. The minimum Gasteiger partial charge on any atom is -0.354 e. The molecule has 0 spiro atoms. The minimum atomic E-state index is -0.146. The van der Waals surface area contributed by atoms with Gasteiger partial charge in [0, 0.05) is 23.9 Å². The van der Waals surface area contributed by atoms with E-state index >= 15 is 0 Å². The van der Waals surface area contributed by atoms with Gasteiger partial charge in [0.1, 0.15) is 0 Å². The lowest BCUT2D eigenvalue weighted by molar-refractivity contribution is -0.120. The van der Waals surface area contributed by atoms with Crippen LogP contribution < -0.4 is 10.9 Å². The number of nitrogens with one attached hydrogen (secondary N) is 1. The number of hydrogen-bond acceptors (Lipinski definition) is 5. The van der Waals surface area contributed by atoms with Crippen LogP contribution in [0.15, 0.2) is 46.6 Å². The first-order valence-electron chi connectivity index (χ1n) is 10.5. The number of thiophene rings is 1. The molecular formula is C23H28N4O2S. The molecule has 1 aliphatic rings. The van der Waals surface area contributed by atoms with E-state index in [1.54, 1.807) is 24.5 Å². The van der Waals surface area contributed by atoms with Gasteiger partial charge in [-0.15, -0.1) is 11.3 Å². The smallest absolute Gasteiger partial charge is 0.274 e. The predicted octanol–water partition coefficient (Wildman–Crippen LogP) is 3.13. The largest absolute Gasteiger partial charge is 0.354 e. The fourth-order valence-electron chi connectivity index (χ4n) is 4.16. The Balaban J connectivity index is 1.48. The number of aryl methyl sites for hydroxylation is 1. The van der Waals surface area contributed by atoms with Gasteiger partial charge in [-0.1, -0.05) is 31.2 Å². The molecule has 1 atom stereocenters. The van der Waals surface area contributed by atoms with E-state index in [1.807, 2.05) is 18.2 Å². The number of likely N-dealkylation sites (tertiary alicyclic amines) is 1. The second-order valence-corrected chi connectivity index (χ2v) is 9.13. The number of piperidine rings is 1. The van der Waals surface area contributed by atoms with Crippen molar-refractivity contribution in [1.82, 2.24) is 20.0 Å². The maximum absolute atomic E-state index is 12.8. The van der Waals surface area contributed by atoms with Crippen LogP contribution in [0.5, 0.6) is 0 Å². The Hall–Kier alpha value is -2.51. The van der Waals surface area contributed by atoms with Gasteiger partial charge < -0.3 is 5.32 Å². The van der Waals surface area contributed by atoms with Crippen LogP contribution in [0, 0.1) is 5.92 Å². The molecule has 1 fully saturated rings. The van der Waals surface area contributed by atoms with Crippen molar-refractivity contribution < 1.29 is 4.79 Å². The van der Waals surface area contributed by atoms with Crippen LogP contribution >= 0.6 is 11.3 Å². The first-order chi connectivity index (χ1) is 14.5. The summed E-state index contributed by atoms with van der Waals surface area (Å²) in [5, 5.41) is 10.9. The standard InChI is InChI=1S/C23H28N4O2S/c1-16-9-11-27(12-10-16)20(21-8-5-13-30-21)15-24-22(28)14-19-17-6-3-4-7-18(17)23(29)26(2)25-19/h3-8,13,16,20H,9-12,14-15H2,1-2H3,(H,24,28). The lowest BCUT2D eigenvalue weighted by Gasteiger charge is -2.36. The average Bonchev–Trinajstić information content (AvgIpc) is 3.28. The summed E-state index contributed by atoms with van der Waals surface area (Å²) in [5.41, 5.74) is 0.483. The molecule has 0 radical (unpaired) electrons. The van der Waals surface area contributed by atoms with E-state index in [-0.39, 0.29) is 23.9 Å². The van der Waals surface area contributed by atoms with Gasteiger partial charge in [-0.25, -0.2) is 4.68 Å². The molecule has 0 aliphatic carbocycles. The molecule has 1 amide bonds. The first-order valence-corrected chi connectivity index (χ1v) is 11.4. The second-order valence-electron chi connectivity index (χ2n) is 8.15. The maximum atomic E-state index is 12.8. The van der Waals surface area contributed by atoms with E-state index in [4.69, 9.17) is 0 Å². The van der Waals surface area contributed by atoms with Crippen LogP contribution in [0.1, 0.15) is 36.4 Å². The quantitative estimate of drug-likeness (QED) is 0.660. The van der Waals surface area contributed by atoms with E-state index in [9.17, 15) is 9.59 Å². The van der Waals surface area contributed by atoms with Crippen molar-refractivity contribution in [3.8, 4) is 0 Å². The van der Waals surface area contributed by atoms with Gasteiger partial charge in [-0.05, 0) is 49.4 Å². The fraction of sp³-hybridized carbons (Fsp3) is 0.435. The molecule has 1 aliphatic heterocycles. The van der Waals surface area contributed by atoms with Crippen LogP contribution in [0.2, 0.25) is 0 Å². The van der Waals surface area contributed by atoms with E-state index in [0.717, 1.165) is 24.4 Å². The van der Waals surface area contributed by atoms with Crippen molar-refractivity contribution >= 4 is 28.0 Å². The Morgan fingerprint density at radius 1 is 1.20 bits per heavy atom. The molecule has 1 aromatic carbocycles. The van der Waals surface area contributed by atoms with Crippen molar-refractivity contribution in [3.63, 3.8) is 0 Å². The van der Waals surface area contributed by atoms with Crippen LogP contribution in [0.4, 0.5) is 0 Å². The van der Waals surface area contributed by atoms with Gasteiger partial charge in [-0.3, -0.25) is 14.5 Å². The molecule has 1 saturated heterocycles. The number of amides is 1. The van der Waals surface area contributed by atoms with Crippen LogP contribution in [0.3, 0.4) is 0 Å². The van der Waals surface area contributed by atoms with Crippen molar-refractivity contribution in [1.29, 1.82) is 0 Å². The topological polar surface area (TPSA) is 67.2 Å². The van der Waals surface area contributed by atoms with Gasteiger partial charge in [0.05, 0.1) is 23.5 Å². The summed E-state index contributed by atoms with van der Waals surface area (Å²) in [6.07, 6.45) is 2.55. The Labute approximate surface area is 180 Å². The molecule has 0 saturated carbocycles. The van der Waals surface area contributed by atoms with Crippen molar-refractivity contribution in [2.75, 3.05) is 19.6 Å². The summed E-state index contributed by atoms with van der Waals surface area (Å²) in [4.78, 5) is 28.9. The van der Waals surface area contributed by atoms with E-state index in [2.05, 4.69) is 39.8 Å². The summed E-state index contributed by atoms with van der Waals surface area (Å²) < 4.78 is 1.31. The molecule has 158 valence electrons. The number of rotatable bonds is 6. The second kappa shape index (κ2) is 9.10. The number of carbonyl (C=O) groups excluding carboxylic acids is 1. The molecular weight excluding hydrogens is 396 g/mol. The van der Waals surface area contributed by atoms with Crippen molar-refractivity contribution in [3.05, 3.63) is 62.7 Å². The zero-order chi connectivity index (χ0) is 21.1. The molecule has 4 rings (SSSR count). The molecule has 3 heterocycles. The lowest BCUT2D eigenvalue weighted by Crippen LogP contribution is -2.42. The molecule has 1 N–H and O–H groups in total. The molecule has 6 nitrogen and oxygen atoms in total. The van der Waals surface area contributed by atoms with Gasteiger partial charge in [0.15, 0.2) is 0 Å². The number of nitrogens with zero attached hydrogens (tertiary/aromatic N) is 3. The fourth-order valence-corrected chi connectivity index (χ4v) is 5.02. The highest BCUT2D eigenvalue weighted by molar-refractivity contribution is 7.10. The monoisotopic (exact) mass is 424 g/mol. The summed E-state index contributed by atoms with van der Waals surface area (Å²) in [7, 11) is 1.63. The van der Waals surface area contributed by atoms with Crippen LogP contribution in [-0.2, 0) is 18.3 Å². The lowest BCUT2D eigenvalue weighted by atomic mass is 9.97. The zero-order valence-corrected chi connectivity index (χ0v) is 18.3. The minimum absolute atomic E-state index is 0.0711. The Bertz CT molecular complexity index is 1070. The number of aromatic nitrogens is 2. The maximum Gasteiger partial charge on any atom is 0.274 e. The number of benzene rings is 1. The third-order valence-electron chi connectivity index (χ3n) is 5.98. The van der Waals surface area contributed by atoms with Crippen LogP contribution in [0.25, 0.3) is 10.8 Å². The molecule has 0 bridgehead atoms. The normalized spacial score (nSPS) is 16.6. The molecule has 3 aromatic rings. The number of hydrogen-bond donors (Lipinski definition) is 1. The van der Waals surface area contributed by atoms with Crippen LogP contribution in [-0.4, -0.2) is 40.2 Å². The Kier molecular flexibility index (Phi) is 6.29. The summed E-state index contributed by atoms with van der Waals surface area (Å²) in [6, 6.07) is 11.8. The molecule has 1 unspecified atom stereocenters. The average molecular weight is 425 g/mol. The van der Waals surface area contributed by atoms with E-state index < -0.39 is 0 Å². The van der Waals surface area contributed by atoms with Crippen molar-refractivity contribution in [2.45, 2.75) is 32.2 Å². The molecule has 7 heteroatoms. The third-order valence-corrected chi connectivity index (χ3v) is 6.96. The Morgan fingerprint density at radius 3 is 2.63 bits per heavy atom. The third kappa shape index (κ3) is 4.47. The highest BCUT2D eigenvalue weighted by Gasteiger charge is 2.26. The Morgan fingerprint density at radius 2 is 1.93 bits per heavy atom. The van der Waals surface area contributed by atoms with Crippen molar-refractivity contribution in [2.24, 2.45) is 13.0 Å². The number of carbonyl (C=O) groups is 1. The van der Waals surface area contributed by atoms with Gasteiger partial charge >= 0.3 is 0 Å². The van der Waals surface area contributed by atoms with Gasteiger partial charge in [0.25, 0.3) is 5.56 Å². The van der Waals surface area contributed by atoms with E-state index in [1.165, 1.54) is 22.4 Å². The molecule has 2 aromatic heterocycles. The summed E-state index contributed by atoms with van der Waals surface area (Å²) in [6.45, 7) is 5.01. The SMILES string of the molecule is CC1CCN(C(CNC(=O)Cc2nn(C)c(=O)c3ccccc23)c2cccs2)CC1. The number of fused-ring (bicyclic) bond motifs is 1. The highest BCUT2D eigenvalue weighted by Crippen LogP contribution is 2.29. The zero-order valence-electron chi connectivity index (χ0n) is 17.5. The van der Waals surface area contributed by atoms with Gasteiger partial charge in [-0.2, -0.15) is 5.10 Å². The predicted molar refractivity (Wildman–Crippen MR) is 121 cm³/mol. The van der Waals surface area contributed by atoms with Gasteiger partial charge in [0.2, 0.25) is 5.91 Å². The molecule has 30 heavy (non-hydrogen) atoms. The highest BCUT2D eigenvalue weighted by atomic mass is 32.1. The summed E-state index contributed by atoms with van der Waals surface area (Å²) in [5.74, 6) is 0.696.